The highest BCUT2D eigenvalue weighted by atomic mass is 79.9. The second kappa shape index (κ2) is 7.83. The van der Waals surface area contributed by atoms with Crippen molar-refractivity contribution in [1.82, 2.24) is 4.90 Å². The van der Waals surface area contributed by atoms with E-state index in [2.05, 4.69) is 25.9 Å². The molecule has 2 aliphatic heterocycles. The van der Waals surface area contributed by atoms with Crippen LogP contribution in [0.15, 0.2) is 69.2 Å². The molecule has 7 heteroatoms. The van der Waals surface area contributed by atoms with E-state index in [1.54, 1.807) is 30.5 Å². The fraction of sp³-hybridized carbons (Fsp3) is 0.227. The van der Waals surface area contributed by atoms with Gasteiger partial charge in [-0.1, -0.05) is 43.3 Å². The molecule has 0 saturated heterocycles. The molecule has 29 heavy (non-hydrogen) atoms. The number of aliphatic imine (C=N–C) groups is 2. The van der Waals surface area contributed by atoms with Crippen molar-refractivity contribution < 1.29 is 14.6 Å². The average Bonchev–Trinajstić information content (AvgIpc) is 2.74. The number of phenols is 1. The van der Waals surface area contributed by atoms with E-state index in [-0.39, 0.29) is 23.5 Å². The largest absolute Gasteiger partial charge is 0.504 e. The Morgan fingerprint density at radius 1 is 1.21 bits per heavy atom. The molecule has 2 aromatic rings. The molecule has 0 bridgehead atoms. The van der Waals surface area contributed by atoms with E-state index in [1.165, 1.54) is 7.11 Å². The molecule has 1 N–H and O–H groups in total. The predicted octanol–water partition coefficient (Wildman–Crippen LogP) is 4.32. The average molecular weight is 454 g/mol. The summed E-state index contributed by atoms with van der Waals surface area (Å²) >= 11 is 3.47. The summed E-state index contributed by atoms with van der Waals surface area (Å²) in [6.07, 6.45) is 3.58. The summed E-state index contributed by atoms with van der Waals surface area (Å²) in [4.78, 5) is 24.3. The van der Waals surface area contributed by atoms with Crippen LogP contribution in [0, 0.1) is 5.92 Å². The molecule has 0 spiro atoms. The molecule has 0 amide bonds. The Labute approximate surface area is 177 Å². The second-order valence-electron chi connectivity index (χ2n) is 7.02. The number of aromatic hydroxyl groups is 1. The van der Waals surface area contributed by atoms with E-state index in [1.807, 2.05) is 42.3 Å². The van der Waals surface area contributed by atoms with Gasteiger partial charge in [0.15, 0.2) is 17.3 Å². The number of hydrogen-bond acceptors (Lipinski definition) is 6. The van der Waals surface area contributed by atoms with E-state index in [9.17, 15) is 9.90 Å². The molecule has 2 aromatic carbocycles. The number of halogens is 1. The third-order valence-electron chi connectivity index (χ3n) is 5.22. The number of phenolic OH excluding ortho intramolecular Hbond substituents is 1. The van der Waals surface area contributed by atoms with Gasteiger partial charge in [-0.15, -0.1) is 0 Å². The molecule has 2 heterocycles. The number of carbonyl (C=O) groups excluding carboxylic acids is 1. The Morgan fingerprint density at radius 2 is 1.97 bits per heavy atom. The number of Topliss-reactive ketones (excluding diaryl/α,β-unsaturated/α-hetero) is 1. The van der Waals surface area contributed by atoms with E-state index < -0.39 is 6.04 Å². The highest BCUT2D eigenvalue weighted by Crippen LogP contribution is 2.41. The molecule has 0 radical (unpaired) electrons. The molecule has 4 rings (SSSR count). The fourth-order valence-electron chi connectivity index (χ4n) is 3.80. The summed E-state index contributed by atoms with van der Waals surface area (Å²) in [5.74, 6) is 0.750. The normalized spacial score (nSPS) is 23.1. The molecular weight excluding hydrogens is 434 g/mol. The first-order valence-electron chi connectivity index (χ1n) is 9.23. The number of carbonyl (C=O) groups is 1. The summed E-state index contributed by atoms with van der Waals surface area (Å²) in [5.41, 5.74) is 1.53. The van der Waals surface area contributed by atoms with Crippen molar-refractivity contribution in [2.45, 2.75) is 19.0 Å². The van der Waals surface area contributed by atoms with Gasteiger partial charge in [0.2, 0.25) is 5.96 Å². The Hall–Kier alpha value is -2.93. The minimum absolute atomic E-state index is 0.0372. The number of fused-ring (bicyclic) bond motifs is 1. The van der Waals surface area contributed by atoms with Gasteiger partial charge < -0.3 is 14.7 Å². The topological polar surface area (TPSA) is 74.5 Å². The molecule has 0 aromatic heterocycles. The number of rotatable bonds is 4. The zero-order valence-corrected chi connectivity index (χ0v) is 17.6. The van der Waals surface area contributed by atoms with Gasteiger partial charge in [0, 0.05) is 23.9 Å². The van der Waals surface area contributed by atoms with Crippen molar-refractivity contribution >= 4 is 33.9 Å². The lowest BCUT2D eigenvalue weighted by Crippen LogP contribution is -2.46. The smallest absolute Gasteiger partial charge is 0.226 e. The number of ketones is 1. The maximum absolute atomic E-state index is 13.2. The van der Waals surface area contributed by atoms with Gasteiger partial charge in [-0.25, -0.2) is 9.98 Å². The van der Waals surface area contributed by atoms with Gasteiger partial charge in [0.05, 0.1) is 17.6 Å². The summed E-state index contributed by atoms with van der Waals surface area (Å²) in [6.45, 7) is 2.01. The Balaban J connectivity index is 1.80. The van der Waals surface area contributed by atoms with Crippen LogP contribution >= 0.6 is 15.9 Å². The molecule has 0 saturated carbocycles. The monoisotopic (exact) mass is 453 g/mol. The molecular formula is C22H20BrN3O3. The molecule has 148 valence electrons. The number of hydrogen-bond donors (Lipinski definition) is 1. The van der Waals surface area contributed by atoms with Crippen molar-refractivity contribution in [3.8, 4) is 11.5 Å². The van der Waals surface area contributed by atoms with Crippen molar-refractivity contribution in [3.63, 3.8) is 0 Å². The standard InChI is InChI=1S/C22H20BrN3O3/c1-13-19(21(28)14-6-4-3-5-7-14)25-22-24-11-16(23)12-26(22)20(13)15-8-9-17(27)18(10-15)29-2/h3-13,19-20,27H,1-2H3. The number of guanidine groups is 1. The van der Waals surface area contributed by atoms with Crippen molar-refractivity contribution in [1.29, 1.82) is 0 Å². The van der Waals surface area contributed by atoms with Crippen LogP contribution in [-0.2, 0) is 0 Å². The summed E-state index contributed by atoms with van der Waals surface area (Å²) in [5, 5.41) is 10.0. The number of ether oxygens (including phenoxy) is 1. The summed E-state index contributed by atoms with van der Waals surface area (Å²) in [6, 6.07) is 13.6. The Bertz CT molecular complexity index is 1030. The van der Waals surface area contributed by atoms with Crippen LogP contribution in [0.3, 0.4) is 0 Å². The van der Waals surface area contributed by atoms with E-state index in [4.69, 9.17) is 4.74 Å². The van der Waals surface area contributed by atoms with E-state index >= 15 is 0 Å². The minimum Gasteiger partial charge on any atom is -0.504 e. The molecule has 3 unspecified atom stereocenters. The fourth-order valence-corrected chi connectivity index (χ4v) is 4.12. The second-order valence-corrected chi connectivity index (χ2v) is 7.93. The molecule has 0 aliphatic carbocycles. The minimum atomic E-state index is -0.573. The van der Waals surface area contributed by atoms with Crippen molar-refractivity contribution in [3.05, 3.63) is 70.3 Å². The maximum Gasteiger partial charge on any atom is 0.226 e. The van der Waals surface area contributed by atoms with Crippen LogP contribution < -0.4 is 4.74 Å². The highest BCUT2D eigenvalue weighted by Gasteiger charge is 2.41. The van der Waals surface area contributed by atoms with Crippen LogP contribution in [0.1, 0.15) is 28.9 Å². The lowest BCUT2D eigenvalue weighted by atomic mass is 9.82. The van der Waals surface area contributed by atoms with Gasteiger partial charge in [0.1, 0.15) is 6.04 Å². The van der Waals surface area contributed by atoms with Crippen LogP contribution in [0.2, 0.25) is 0 Å². The first kappa shape index (κ1) is 19.4. The lowest BCUT2D eigenvalue weighted by molar-refractivity contribution is 0.0897. The lowest BCUT2D eigenvalue weighted by Gasteiger charge is -2.41. The third kappa shape index (κ3) is 3.58. The van der Waals surface area contributed by atoms with Crippen LogP contribution in [-0.4, -0.2) is 41.1 Å². The van der Waals surface area contributed by atoms with E-state index in [0.717, 1.165) is 10.0 Å². The van der Waals surface area contributed by atoms with Crippen LogP contribution in [0.25, 0.3) is 0 Å². The number of benzene rings is 2. The highest BCUT2D eigenvalue weighted by molar-refractivity contribution is 9.12. The zero-order valence-electron chi connectivity index (χ0n) is 16.0. The third-order valence-corrected chi connectivity index (χ3v) is 5.63. The van der Waals surface area contributed by atoms with Crippen LogP contribution in [0.4, 0.5) is 0 Å². The molecule has 6 nitrogen and oxygen atoms in total. The van der Waals surface area contributed by atoms with Gasteiger partial charge in [0.25, 0.3) is 0 Å². The maximum atomic E-state index is 13.2. The molecule has 3 atom stereocenters. The predicted molar refractivity (Wildman–Crippen MR) is 116 cm³/mol. The number of nitrogens with zero attached hydrogens (tertiary/aromatic N) is 3. The van der Waals surface area contributed by atoms with Gasteiger partial charge in [-0.3, -0.25) is 4.79 Å². The quantitative estimate of drug-likeness (QED) is 0.699. The Kier molecular flexibility index (Phi) is 5.24. The number of allylic oxidation sites excluding steroid dienone is 1. The first-order valence-corrected chi connectivity index (χ1v) is 10.0. The van der Waals surface area contributed by atoms with Crippen molar-refractivity contribution in [2.75, 3.05) is 7.11 Å². The number of methoxy groups -OCH3 is 1. The summed E-state index contributed by atoms with van der Waals surface area (Å²) < 4.78 is 6.10. The van der Waals surface area contributed by atoms with Gasteiger partial charge in [-0.05, 0) is 33.6 Å². The van der Waals surface area contributed by atoms with Crippen LogP contribution in [0.5, 0.6) is 11.5 Å². The zero-order chi connectivity index (χ0) is 20.5. The van der Waals surface area contributed by atoms with Gasteiger partial charge in [-0.2, -0.15) is 0 Å². The van der Waals surface area contributed by atoms with E-state index in [0.29, 0.717) is 17.3 Å². The first-order chi connectivity index (χ1) is 14.0. The molecule has 2 aliphatic rings. The van der Waals surface area contributed by atoms with Gasteiger partial charge >= 0.3 is 0 Å². The summed E-state index contributed by atoms with van der Waals surface area (Å²) in [7, 11) is 1.51. The molecule has 0 fully saturated rings. The Morgan fingerprint density at radius 3 is 2.69 bits per heavy atom. The SMILES string of the molecule is COc1cc(C2C(C)C(C(=O)c3ccccc3)N=C3N=CC(Br)=CN32)ccc1O. The van der Waals surface area contributed by atoms with Crippen molar-refractivity contribution in [2.24, 2.45) is 15.9 Å².